The fourth-order valence-electron chi connectivity index (χ4n) is 6.28. The first-order valence-electron chi connectivity index (χ1n) is 12.9. The summed E-state index contributed by atoms with van der Waals surface area (Å²) in [5.41, 5.74) is 5.30. The summed E-state index contributed by atoms with van der Waals surface area (Å²) in [5, 5.41) is 12.9. The van der Waals surface area contributed by atoms with Crippen molar-refractivity contribution in [2.24, 2.45) is 17.6 Å². The molecule has 192 valence electrons. The molecular weight excluding hydrogens is 443 g/mol. The van der Waals surface area contributed by atoms with Crippen molar-refractivity contribution in [2.45, 2.75) is 94.7 Å². The zero-order valence-electron chi connectivity index (χ0n) is 19.9. The van der Waals surface area contributed by atoms with Crippen LogP contribution in [-0.4, -0.2) is 89.5 Å². The van der Waals surface area contributed by atoms with E-state index in [-0.39, 0.29) is 36.9 Å². The van der Waals surface area contributed by atoms with E-state index in [0.29, 0.717) is 32.2 Å². The van der Waals surface area contributed by atoms with Gasteiger partial charge in [0.05, 0.1) is 25.1 Å². The Bertz CT molecular complexity index is 749. The fourth-order valence-corrected chi connectivity index (χ4v) is 6.28. The predicted octanol–water partition coefficient (Wildman–Crippen LogP) is 1.32. The van der Waals surface area contributed by atoms with Gasteiger partial charge in [-0.2, -0.15) is 0 Å². The predicted molar refractivity (Wildman–Crippen MR) is 122 cm³/mol. The van der Waals surface area contributed by atoms with Gasteiger partial charge in [0.2, 0.25) is 11.8 Å². The number of carbonyl (C=O) groups excluding carboxylic acids is 3. The summed E-state index contributed by atoms with van der Waals surface area (Å²) < 4.78 is 20.5. The number of halogens is 1. The summed E-state index contributed by atoms with van der Waals surface area (Å²) in [7, 11) is 0. The van der Waals surface area contributed by atoms with Crippen LogP contribution in [0.3, 0.4) is 0 Å². The number of amides is 3. The average molecular weight is 483 g/mol. The van der Waals surface area contributed by atoms with Gasteiger partial charge < -0.3 is 25.8 Å². The maximum atomic E-state index is 15.0. The van der Waals surface area contributed by atoms with Gasteiger partial charge in [-0.15, -0.1) is 0 Å². The number of cyclic esters (lactones) is 1. The minimum Gasteiger partial charge on any atom is -0.442 e. The molecule has 0 bridgehead atoms. The third-order valence-electron chi connectivity index (χ3n) is 8.20. The summed E-state index contributed by atoms with van der Waals surface area (Å²) in [4.78, 5) is 40.1. The van der Waals surface area contributed by atoms with E-state index in [1.54, 1.807) is 4.90 Å². The number of piperidine rings is 1. The van der Waals surface area contributed by atoms with Crippen LogP contribution in [0, 0.1) is 11.8 Å². The molecule has 2 aliphatic carbocycles. The second-order valence-corrected chi connectivity index (χ2v) is 10.6. The van der Waals surface area contributed by atoms with E-state index in [0.717, 1.165) is 38.8 Å². The minimum absolute atomic E-state index is 0.00944. The number of nitrogens with zero attached hydrogens (tertiary/aromatic N) is 2. The van der Waals surface area contributed by atoms with Gasteiger partial charge in [0.25, 0.3) is 0 Å². The highest BCUT2D eigenvalue weighted by Crippen LogP contribution is 2.33. The van der Waals surface area contributed by atoms with Crippen LogP contribution in [-0.2, 0) is 14.3 Å². The number of hydrogen-bond donors (Lipinski definition) is 3. The number of rotatable bonds is 7. The summed E-state index contributed by atoms with van der Waals surface area (Å²) >= 11 is 0. The van der Waals surface area contributed by atoms with Gasteiger partial charge in [0, 0.05) is 24.9 Å². The van der Waals surface area contributed by atoms with Crippen molar-refractivity contribution in [1.29, 1.82) is 0 Å². The molecule has 2 aliphatic heterocycles. The van der Waals surface area contributed by atoms with Crippen LogP contribution in [0.25, 0.3) is 0 Å². The number of nitrogens with one attached hydrogen (secondary N) is 1. The number of carbonyl (C=O) groups is 3. The molecule has 3 amide bonds. The molecule has 2 heterocycles. The van der Waals surface area contributed by atoms with Gasteiger partial charge >= 0.3 is 6.09 Å². The molecule has 10 heteroatoms. The Hall–Kier alpha value is -1.94. The van der Waals surface area contributed by atoms with Crippen molar-refractivity contribution in [1.82, 2.24) is 15.1 Å². The molecule has 2 saturated carbocycles. The SMILES string of the molecule is NC(=O)C1CCC(CC(=O)NC[C@H]2CN(C3CCC(N4CCCCC4)C(F)C3)C(=O)O2)CC1O. The highest BCUT2D eigenvalue weighted by Gasteiger charge is 2.42. The lowest BCUT2D eigenvalue weighted by molar-refractivity contribution is -0.128. The molecule has 0 aromatic rings. The molecule has 7 atom stereocenters. The number of aliphatic hydroxyl groups excluding tert-OH is 1. The van der Waals surface area contributed by atoms with Crippen LogP contribution in [0.4, 0.5) is 9.18 Å². The van der Waals surface area contributed by atoms with Crippen molar-refractivity contribution < 1.29 is 28.6 Å². The number of hydrogen-bond acceptors (Lipinski definition) is 6. The van der Waals surface area contributed by atoms with Gasteiger partial charge in [0.15, 0.2) is 0 Å². The highest BCUT2D eigenvalue weighted by molar-refractivity contribution is 5.78. The second-order valence-electron chi connectivity index (χ2n) is 10.6. The molecule has 0 aromatic heterocycles. The molecule has 6 unspecified atom stereocenters. The van der Waals surface area contributed by atoms with E-state index in [1.807, 2.05) is 0 Å². The van der Waals surface area contributed by atoms with Crippen LogP contribution < -0.4 is 11.1 Å². The molecule has 0 spiro atoms. The molecule has 4 N–H and O–H groups in total. The lowest BCUT2D eigenvalue weighted by Crippen LogP contribution is -2.51. The molecule has 4 aliphatic rings. The lowest BCUT2D eigenvalue weighted by Gasteiger charge is -2.42. The molecular formula is C24H39FN4O5. The zero-order valence-corrected chi connectivity index (χ0v) is 19.9. The average Bonchev–Trinajstić information content (AvgIpc) is 3.18. The largest absolute Gasteiger partial charge is 0.442 e. The maximum Gasteiger partial charge on any atom is 0.410 e. The Morgan fingerprint density at radius 2 is 1.88 bits per heavy atom. The quantitative estimate of drug-likeness (QED) is 0.503. The zero-order chi connectivity index (χ0) is 24.2. The normalized spacial score (nSPS) is 37.3. The van der Waals surface area contributed by atoms with Gasteiger partial charge in [0.1, 0.15) is 12.3 Å². The van der Waals surface area contributed by atoms with Crippen LogP contribution in [0.15, 0.2) is 0 Å². The number of alkyl halides is 1. The standard InChI is InChI=1S/C24H39FN4O5/c25-19-12-16(5-7-20(19)28-8-2-1-3-9-28)29-14-17(34-24(29)33)13-27-22(31)11-15-4-6-18(23(26)32)21(30)10-15/h15-21,30H,1-14H2,(H2,26,32)(H,27,31)/t15?,16?,17-,18?,19?,20?,21?/m0/s1. The van der Waals surface area contributed by atoms with Crippen molar-refractivity contribution in [3.8, 4) is 0 Å². The molecule has 2 saturated heterocycles. The van der Waals surface area contributed by atoms with Crippen molar-refractivity contribution in [3.63, 3.8) is 0 Å². The number of aliphatic hydroxyl groups is 1. The van der Waals surface area contributed by atoms with Gasteiger partial charge in [-0.1, -0.05) is 6.42 Å². The number of likely N-dealkylation sites (tertiary alicyclic amines) is 1. The van der Waals surface area contributed by atoms with E-state index >= 15 is 4.39 Å². The summed E-state index contributed by atoms with van der Waals surface area (Å²) in [6, 6.07) is -0.201. The highest BCUT2D eigenvalue weighted by atomic mass is 19.1. The molecule has 34 heavy (non-hydrogen) atoms. The molecule has 0 radical (unpaired) electrons. The molecule has 4 rings (SSSR count). The van der Waals surface area contributed by atoms with Crippen LogP contribution in [0.5, 0.6) is 0 Å². The van der Waals surface area contributed by atoms with Gasteiger partial charge in [-0.25, -0.2) is 9.18 Å². The minimum atomic E-state index is -0.941. The topological polar surface area (TPSA) is 125 Å². The Morgan fingerprint density at radius 1 is 1.12 bits per heavy atom. The number of primary amides is 1. The third-order valence-corrected chi connectivity index (χ3v) is 8.20. The maximum absolute atomic E-state index is 15.0. The smallest absolute Gasteiger partial charge is 0.410 e. The number of ether oxygens (including phenoxy) is 1. The molecule has 0 aromatic carbocycles. The van der Waals surface area contributed by atoms with E-state index in [2.05, 4.69) is 10.2 Å². The lowest BCUT2D eigenvalue weighted by atomic mass is 9.78. The van der Waals surface area contributed by atoms with Crippen LogP contribution >= 0.6 is 0 Å². The first-order chi connectivity index (χ1) is 16.3. The third kappa shape index (κ3) is 6.00. The van der Waals surface area contributed by atoms with Gasteiger partial charge in [-0.3, -0.25) is 14.5 Å². The van der Waals surface area contributed by atoms with Crippen molar-refractivity contribution in [3.05, 3.63) is 0 Å². The molecule has 9 nitrogen and oxygen atoms in total. The van der Waals surface area contributed by atoms with Crippen LogP contribution in [0.2, 0.25) is 0 Å². The van der Waals surface area contributed by atoms with Crippen molar-refractivity contribution >= 4 is 17.9 Å². The second kappa shape index (κ2) is 11.2. The first kappa shape index (κ1) is 25.2. The summed E-state index contributed by atoms with van der Waals surface area (Å²) in [5.74, 6) is -1.22. The van der Waals surface area contributed by atoms with E-state index in [9.17, 15) is 19.5 Å². The Balaban J connectivity index is 1.18. The fraction of sp³-hybridized carbons (Fsp3) is 0.875. The van der Waals surface area contributed by atoms with Gasteiger partial charge in [-0.05, 0) is 64.0 Å². The monoisotopic (exact) mass is 482 g/mol. The summed E-state index contributed by atoms with van der Waals surface area (Å²) in [6.45, 7) is 2.50. The van der Waals surface area contributed by atoms with Crippen molar-refractivity contribution in [2.75, 3.05) is 26.2 Å². The molecule has 4 fully saturated rings. The van der Waals surface area contributed by atoms with Crippen LogP contribution in [0.1, 0.15) is 64.2 Å². The van der Waals surface area contributed by atoms with E-state index in [1.165, 1.54) is 6.42 Å². The van der Waals surface area contributed by atoms with E-state index in [4.69, 9.17) is 10.5 Å². The Kier molecular flexibility index (Phi) is 8.29. The summed E-state index contributed by atoms with van der Waals surface area (Å²) in [6.07, 6.45) is 4.48. The Morgan fingerprint density at radius 3 is 2.56 bits per heavy atom. The number of nitrogens with two attached hydrogens (primary N) is 1. The van der Waals surface area contributed by atoms with E-state index < -0.39 is 36.3 Å². The first-order valence-corrected chi connectivity index (χ1v) is 12.9. The Labute approximate surface area is 200 Å².